The van der Waals surface area contributed by atoms with Crippen molar-refractivity contribution in [3.63, 3.8) is 0 Å². The minimum absolute atomic E-state index is 0.00865. The van der Waals surface area contributed by atoms with Crippen molar-refractivity contribution in [2.75, 3.05) is 13.2 Å². The second kappa shape index (κ2) is 8.56. The van der Waals surface area contributed by atoms with E-state index in [9.17, 15) is 9.59 Å². The van der Waals surface area contributed by atoms with Gasteiger partial charge in [-0.05, 0) is 31.7 Å². The number of urea groups is 1. The van der Waals surface area contributed by atoms with Gasteiger partial charge in [0.25, 0.3) is 0 Å². The molecule has 5 nitrogen and oxygen atoms in total. The lowest BCUT2D eigenvalue weighted by Gasteiger charge is -2.34. The number of carbonyl (C=O) groups excluding carboxylic acids is 2. The van der Waals surface area contributed by atoms with Crippen molar-refractivity contribution in [1.29, 1.82) is 0 Å². The molecule has 1 aromatic carbocycles. The number of ether oxygens (including phenoxy) is 1. The van der Waals surface area contributed by atoms with E-state index in [1.165, 1.54) is 6.42 Å². The normalized spacial score (nSPS) is 24.2. The van der Waals surface area contributed by atoms with E-state index in [0.29, 0.717) is 13.2 Å². The van der Waals surface area contributed by atoms with Crippen LogP contribution in [0.25, 0.3) is 0 Å². The van der Waals surface area contributed by atoms with E-state index < -0.39 is 6.04 Å². The zero-order valence-corrected chi connectivity index (χ0v) is 15.9. The van der Waals surface area contributed by atoms with Crippen LogP contribution in [-0.4, -0.2) is 47.0 Å². The topological polar surface area (TPSA) is 49.9 Å². The van der Waals surface area contributed by atoms with Gasteiger partial charge in [0.2, 0.25) is 0 Å². The Bertz CT molecular complexity index is 613. The second-order valence-electron chi connectivity index (χ2n) is 7.23. The molecule has 1 saturated carbocycles. The number of amides is 2. The van der Waals surface area contributed by atoms with Crippen LogP contribution >= 0.6 is 0 Å². The highest BCUT2D eigenvalue weighted by Crippen LogP contribution is 2.40. The molecule has 0 unspecified atom stereocenters. The van der Waals surface area contributed by atoms with Gasteiger partial charge in [-0.2, -0.15) is 0 Å². The molecule has 2 atom stereocenters. The lowest BCUT2D eigenvalue weighted by molar-refractivity contribution is -0.149. The molecule has 1 saturated heterocycles. The van der Waals surface area contributed by atoms with Crippen LogP contribution in [0.1, 0.15) is 64.0 Å². The standard InChI is InChI=1S/C21H30N2O3/c1-3-15-22-18(16-11-7-5-8-12-16)19(20(24)26-4-2)23(21(22)25)17-13-9-6-10-14-17/h5,7-8,11-12,17-19H,3-4,6,9-10,13-15H2,1-2H3/t18-,19+/m0/s1. The molecule has 3 rings (SSSR count). The van der Waals surface area contributed by atoms with Crippen LogP contribution in [-0.2, 0) is 9.53 Å². The number of benzene rings is 1. The largest absolute Gasteiger partial charge is 0.464 e. The molecule has 0 N–H and O–H groups in total. The van der Waals surface area contributed by atoms with Crippen molar-refractivity contribution in [3.05, 3.63) is 35.9 Å². The van der Waals surface area contributed by atoms with E-state index in [1.54, 1.807) is 0 Å². The predicted octanol–water partition coefficient (Wildman–Crippen LogP) is 4.14. The Morgan fingerprint density at radius 2 is 1.81 bits per heavy atom. The third kappa shape index (κ3) is 3.57. The van der Waals surface area contributed by atoms with Crippen molar-refractivity contribution in [2.45, 2.75) is 70.5 Å². The average molecular weight is 358 g/mol. The van der Waals surface area contributed by atoms with Gasteiger partial charge in [0.15, 0.2) is 6.04 Å². The monoisotopic (exact) mass is 358 g/mol. The highest BCUT2D eigenvalue weighted by molar-refractivity contribution is 5.89. The molecule has 2 fully saturated rings. The van der Waals surface area contributed by atoms with Crippen LogP contribution in [0.4, 0.5) is 4.79 Å². The summed E-state index contributed by atoms with van der Waals surface area (Å²) in [5.74, 6) is -0.279. The van der Waals surface area contributed by atoms with Gasteiger partial charge in [0, 0.05) is 12.6 Å². The maximum atomic E-state index is 13.3. The fourth-order valence-electron chi connectivity index (χ4n) is 4.41. The summed E-state index contributed by atoms with van der Waals surface area (Å²) >= 11 is 0. The van der Waals surface area contributed by atoms with Crippen molar-refractivity contribution in [2.24, 2.45) is 0 Å². The molecule has 2 amide bonds. The summed E-state index contributed by atoms with van der Waals surface area (Å²) in [7, 11) is 0. The maximum Gasteiger partial charge on any atom is 0.331 e. The van der Waals surface area contributed by atoms with Gasteiger partial charge in [-0.3, -0.25) is 0 Å². The van der Waals surface area contributed by atoms with Gasteiger partial charge in [-0.1, -0.05) is 56.5 Å². The number of esters is 1. The third-order valence-corrected chi connectivity index (χ3v) is 5.50. The molecule has 1 aromatic rings. The van der Waals surface area contributed by atoms with E-state index in [1.807, 2.05) is 47.1 Å². The summed E-state index contributed by atoms with van der Waals surface area (Å²) in [6.07, 6.45) is 6.26. The molecule has 0 bridgehead atoms. The van der Waals surface area contributed by atoms with Crippen molar-refractivity contribution in [3.8, 4) is 0 Å². The molecule has 0 radical (unpaired) electrons. The lowest BCUT2D eigenvalue weighted by atomic mass is 9.92. The Hall–Kier alpha value is -2.04. The molecule has 1 aliphatic heterocycles. The fourth-order valence-corrected chi connectivity index (χ4v) is 4.41. The van der Waals surface area contributed by atoms with Crippen LogP contribution in [0.15, 0.2) is 30.3 Å². The smallest absolute Gasteiger partial charge is 0.331 e. The Balaban J connectivity index is 2.01. The van der Waals surface area contributed by atoms with Crippen LogP contribution in [0.5, 0.6) is 0 Å². The summed E-state index contributed by atoms with van der Waals surface area (Å²) in [5.41, 5.74) is 1.01. The minimum Gasteiger partial charge on any atom is -0.464 e. The van der Waals surface area contributed by atoms with Gasteiger partial charge >= 0.3 is 12.0 Å². The fraction of sp³-hybridized carbons (Fsp3) is 0.619. The molecule has 1 heterocycles. The highest BCUT2D eigenvalue weighted by Gasteiger charge is 2.52. The lowest BCUT2D eigenvalue weighted by Crippen LogP contribution is -2.48. The quantitative estimate of drug-likeness (QED) is 0.718. The maximum absolute atomic E-state index is 13.3. The van der Waals surface area contributed by atoms with Crippen LogP contribution < -0.4 is 0 Å². The zero-order valence-electron chi connectivity index (χ0n) is 15.9. The number of hydrogen-bond donors (Lipinski definition) is 0. The van der Waals surface area contributed by atoms with E-state index in [2.05, 4.69) is 6.92 Å². The van der Waals surface area contributed by atoms with E-state index >= 15 is 0 Å². The molecule has 142 valence electrons. The van der Waals surface area contributed by atoms with E-state index in [4.69, 9.17) is 4.74 Å². The van der Waals surface area contributed by atoms with E-state index in [0.717, 1.165) is 37.7 Å². The molecular formula is C21H30N2O3. The Kier molecular flexibility index (Phi) is 6.17. The van der Waals surface area contributed by atoms with Crippen molar-refractivity contribution < 1.29 is 14.3 Å². The molecule has 0 aromatic heterocycles. The molecule has 1 aliphatic carbocycles. The summed E-state index contributed by atoms with van der Waals surface area (Å²) < 4.78 is 5.41. The predicted molar refractivity (Wildman–Crippen MR) is 101 cm³/mol. The summed E-state index contributed by atoms with van der Waals surface area (Å²) in [5, 5.41) is 0. The van der Waals surface area contributed by atoms with Gasteiger partial charge in [-0.25, -0.2) is 9.59 Å². The summed E-state index contributed by atoms with van der Waals surface area (Å²) in [6, 6.07) is 9.22. The van der Waals surface area contributed by atoms with Gasteiger partial charge < -0.3 is 14.5 Å². The van der Waals surface area contributed by atoms with Crippen molar-refractivity contribution >= 4 is 12.0 Å². The SMILES string of the molecule is CCCN1C(=O)N(C2CCCCC2)[C@@H](C(=O)OCC)[C@@H]1c1ccccc1. The number of rotatable bonds is 6. The summed E-state index contributed by atoms with van der Waals surface area (Å²) in [4.78, 5) is 30.0. The Morgan fingerprint density at radius 1 is 1.12 bits per heavy atom. The first-order valence-corrected chi connectivity index (χ1v) is 9.99. The van der Waals surface area contributed by atoms with Crippen LogP contribution in [0.2, 0.25) is 0 Å². The number of hydrogen-bond acceptors (Lipinski definition) is 3. The van der Waals surface area contributed by atoms with E-state index in [-0.39, 0.29) is 24.1 Å². The van der Waals surface area contributed by atoms with Crippen molar-refractivity contribution in [1.82, 2.24) is 9.80 Å². The van der Waals surface area contributed by atoms with Crippen LogP contribution in [0, 0.1) is 0 Å². The van der Waals surface area contributed by atoms with Crippen LogP contribution in [0.3, 0.4) is 0 Å². The number of carbonyl (C=O) groups is 2. The molecular weight excluding hydrogens is 328 g/mol. The zero-order chi connectivity index (χ0) is 18.5. The number of nitrogens with zero attached hydrogens (tertiary/aromatic N) is 2. The third-order valence-electron chi connectivity index (χ3n) is 5.50. The minimum atomic E-state index is -0.556. The first-order valence-electron chi connectivity index (χ1n) is 9.99. The Labute approximate surface area is 156 Å². The van der Waals surface area contributed by atoms with Gasteiger partial charge in [0.05, 0.1) is 12.6 Å². The highest BCUT2D eigenvalue weighted by atomic mass is 16.5. The molecule has 0 spiro atoms. The Morgan fingerprint density at radius 3 is 2.42 bits per heavy atom. The first-order chi connectivity index (χ1) is 12.7. The average Bonchev–Trinajstić information content (AvgIpc) is 2.96. The molecule has 2 aliphatic rings. The van der Waals surface area contributed by atoms with Gasteiger partial charge in [-0.15, -0.1) is 0 Å². The van der Waals surface area contributed by atoms with Gasteiger partial charge in [0.1, 0.15) is 0 Å². The first kappa shape index (κ1) is 18.7. The molecule has 26 heavy (non-hydrogen) atoms. The second-order valence-corrected chi connectivity index (χ2v) is 7.23. The molecule has 5 heteroatoms. The summed E-state index contributed by atoms with van der Waals surface area (Å²) in [6.45, 7) is 4.87.